The first-order valence-corrected chi connectivity index (χ1v) is 26.2. The minimum absolute atomic E-state index is 0.0478. The van der Waals surface area contributed by atoms with Gasteiger partial charge in [-0.25, -0.2) is 4.79 Å². The quantitative estimate of drug-likeness (QED) is 0.0281. The van der Waals surface area contributed by atoms with Crippen LogP contribution in [-0.4, -0.2) is 80.6 Å². The first-order valence-electron chi connectivity index (χ1n) is 26.2. The highest BCUT2D eigenvalue weighted by Gasteiger charge is 2.31. The molecule has 0 fully saturated rings. The average Bonchev–Trinajstić information content (AvgIpc) is 3.22. The smallest absolute Gasteiger partial charge is 0.362 e. The standard InChI is InChI=1S/C53H101NO7/c1-6-8-10-12-14-16-18-20-21-22-23-24-25-26-27-28-29-30-32-33-35-37-39-41-43-51(55)60-48-49(47-59-46-45-50(53(57)58)54(3,4)5)61-52(56)44-42-40-38-36-34-31-19-17-15-13-11-9-7-2/h17,19,49-50H,6-16,18,20-48H2,1-5H3/p+1/b19-17-. The van der Waals surface area contributed by atoms with Crippen molar-refractivity contribution in [3.63, 3.8) is 0 Å². The molecule has 0 aliphatic carbocycles. The predicted molar refractivity (Wildman–Crippen MR) is 257 cm³/mol. The molecule has 360 valence electrons. The Bertz CT molecular complexity index is 1010. The van der Waals surface area contributed by atoms with Crippen molar-refractivity contribution >= 4 is 17.9 Å². The van der Waals surface area contributed by atoms with E-state index < -0.39 is 18.1 Å². The molecule has 2 atom stereocenters. The molecule has 0 heterocycles. The van der Waals surface area contributed by atoms with Gasteiger partial charge in [-0.3, -0.25) is 9.59 Å². The molecule has 0 aliphatic rings. The second-order valence-electron chi connectivity index (χ2n) is 19.1. The molecule has 0 aromatic carbocycles. The van der Waals surface area contributed by atoms with E-state index in [1.807, 2.05) is 21.1 Å². The van der Waals surface area contributed by atoms with Crippen LogP contribution in [0.1, 0.15) is 258 Å². The first kappa shape index (κ1) is 59.1. The lowest BCUT2D eigenvalue weighted by atomic mass is 10.0. The zero-order valence-electron chi connectivity index (χ0n) is 41.1. The SMILES string of the molecule is CCCCCC/C=C\CCCCCCCC(=O)OC(COCCC(C(=O)O)[N+](C)(C)C)COC(=O)CCCCCCCCCCCCCCCCCCCCCCCCCC. The molecular weight excluding hydrogens is 763 g/mol. The fraction of sp³-hybridized carbons (Fsp3) is 0.906. The van der Waals surface area contributed by atoms with Crippen LogP contribution < -0.4 is 0 Å². The maximum absolute atomic E-state index is 12.7. The fourth-order valence-electron chi connectivity index (χ4n) is 8.09. The van der Waals surface area contributed by atoms with Crippen LogP contribution in [-0.2, 0) is 28.6 Å². The van der Waals surface area contributed by atoms with E-state index in [9.17, 15) is 19.5 Å². The number of carboxylic acid groups (broad SMARTS) is 1. The number of allylic oxidation sites excluding steroid dienone is 2. The van der Waals surface area contributed by atoms with E-state index in [4.69, 9.17) is 14.2 Å². The van der Waals surface area contributed by atoms with Crippen LogP contribution in [0, 0.1) is 0 Å². The Morgan fingerprint density at radius 1 is 0.475 bits per heavy atom. The molecule has 0 radical (unpaired) electrons. The minimum atomic E-state index is -0.872. The Morgan fingerprint density at radius 2 is 0.820 bits per heavy atom. The van der Waals surface area contributed by atoms with Gasteiger partial charge >= 0.3 is 17.9 Å². The van der Waals surface area contributed by atoms with Crippen LogP contribution in [0.5, 0.6) is 0 Å². The maximum Gasteiger partial charge on any atom is 0.362 e. The lowest BCUT2D eigenvalue weighted by Gasteiger charge is -2.31. The molecule has 0 rings (SSSR count). The number of rotatable bonds is 48. The van der Waals surface area contributed by atoms with Gasteiger partial charge in [-0.15, -0.1) is 0 Å². The van der Waals surface area contributed by atoms with Gasteiger partial charge in [0.15, 0.2) is 12.1 Å². The zero-order chi connectivity index (χ0) is 44.9. The van der Waals surface area contributed by atoms with Gasteiger partial charge < -0.3 is 23.8 Å². The highest BCUT2D eigenvalue weighted by Crippen LogP contribution is 2.17. The molecule has 0 spiro atoms. The number of ether oxygens (including phenoxy) is 3. The summed E-state index contributed by atoms with van der Waals surface area (Å²) in [6.45, 7) is 4.76. The van der Waals surface area contributed by atoms with E-state index in [2.05, 4.69) is 26.0 Å². The summed E-state index contributed by atoms with van der Waals surface area (Å²) in [4.78, 5) is 37.1. The Kier molecular flexibility index (Phi) is 43.3. The van der Waals surface area contributed by atoms with Gasteiger partial charge in [-0.05, 0) is 38.5 Å². The van der Waals surface area contributed by atoms with Gasteiger partial charge in [0.2, 0.25) is 0 Å². The Labute approximate surface area is 378 Å². The van der Waals surface area contributed by atoms with E-state index in [1.165, 1.54) is 173 Å². The van der Waals surface area contributed by atoms with E-state index >= 15 is 0 Å². The number of quaternary nitrogens is 1. The largest absolute Gasteiger partial charge is 0.477 e. The van der Waals surface area contributed by atoms with E-state index in [1.54, 1.807) is 0 Å². The van der Waals surface area contributed by atoms with Crippen molar-refractivity contribution in [1.82, 2.24) is 0 Å². The van der Waals surface area contributed by atoms with E-state index in [-0.39, 0.29) is 36.2 Å². The predicted octanol–water partition coefficient (Wildman–Crippen LogP) is 15.0. The van der Waals surface area contributed by atoms with Gasteiger partial charge in [-0.1, -0.05) is 212 Å². The third-order valence-corrected chi connectivity index (χ3v) is 12.2. The Balaban J connectivity index is 4.10. The number of carboxylic acids is 1. The van der Waals surface area contributed by atoms with Crippen LogP contribution in [0.3, 0.4) is 0 Å². The van der Waals surface area contributed by atoms with Crippen LogP contribution >= 0.6 is 0 Å². The molecule has 0 aromatic rings. The summed E-state index contributed by atoms with van der Waals surface area (Å²) in [7, 11) is 5.54. The molecule has 2 unspecified atom stereocenters. The number of nitrogens with zero attached hydrogens (tertiary/aromatic N) is 1. The molecule has 8 nitrogen and oxygen atoms in total. The molecule has 0 bridgehead atoms. The summed E-state index contributed by atoms with van der Waals surface area (Å²) in [5, 5.41) is 9.64. The van der Waals surface area contributed by atoms with Gasteiger partial charge in [0.1, 0.15) is 6.61 Å². The molecule has 0 saturated heterocycles. The highest BCUT2D eigenvalue weighted by molar-refractivity contribution is 5.72. The minimum Gasteiger partial charge on any atom is -0.477 e. The van der Waals surface area contributed by atoms with Crippen molar-refractivity contribution in [3.05, 3.63) is 12.2 Å². The number of likely N-dealkylation sites (N-methyl/N-ethyl adjacent to an activating group) is 1. The fourth-order valence-corrected chi connectivity index (χ4v) is 8.09. The van der Waals surface area contributed by atoms with Crippen molar-refractivity contribution in [2.45, 2.75) is 270 Å². The third-order valence-electron chi connectivity index (χ3n) is 12.2. The Hall–Kier alpha value is -1.93. The topological polar surface area (TPSA) is 99.1 Å². The maximum atomic E-state index is 12.7. The van der Waals surface area contributed by atoms with Crippen LogP contribution in [0.25, 0.3) is 0 Å². The lowest BCUT2D eigenvalue weighted by molar-refractivity contribution is -0.887. The van der Waals surface area contributed by atoms with Crippen molar-refractivity contribution in [2.24, 2.45) is 0 Å². The number of hydrogen-bond donors (Lipinski definition) is 1. The number of unbranched alkanes of at least 4 members (excludes halogenated alkanes) is 32. The van der Waals surface area contributed by atoms with Crippen molar-refractivity contribution in [2.75, 3.05) is 41.0 Å². The van der Waals surface area contributed by atoms with Crippen molar-refractivity contribution < 1.29 is 38.2 Å². The number of carbonyl (C=O) groups is 3. The second kappa shape index (κ2) is 44.7. The van der Waals surface area contributed by atoms with Gasteiger partial charge in [0.05, 0.1) is 34.4 Å². The van der Waals surface area contributed by atoms with Gasteiger partial charge in [0.25, 0.3) is 0 Å². The first-order chi connectivity index (χ1) is 29.6. The molecule has 0 amide bonds. The molecule has 0 aromatic heterocycles. The van der Waals surface area contributed by atoms with Crippen LogP contribution in [0.4, 0.5) is 0 Å². The van der Waals surface area contributed by atoms with Crippen molar-refractivity contribution in [1.29, 1.82) is 0 Å². The number of hydrogen-bond acceptors (Lipinski definition) is 6. The molecule has 1 N–H and O–H groups in total. The lowest BCUT2D eigenvalue weighted by Crippen LogP contribution is -2.50. The zero-order valence-corrected chi connectivity index (χ0v) is 41.1. The third kappa shape index (κ3) is 43.1. The van der Waals surface area contributed by atoms with Gasteiger partial charge in [-0.2, -0.15) is 0 Å². The summed E-state index contributed by atoms with van der Waals surface area (Å²) in [5.41, 5.74) is 0. The van der Waals surface area contributed by atoms with Gasteiger partial charge in [0, 0.05) is 19.3 Å². The molecular formula is C53H102NO7+. The van der Waals surface area contributed by atoms with Crippen LogP contribution in [0.15, 0.2) is 12.2 Å². The Morgan fingerprint density at radius 3 is 1.20 bits per heavy atom. The van der Waals surface area contributed by atoms with Crippen LogP contribution in [0.2, 0.25) is 0 Å². The second-order valence-corrected chi connectivity index (χ2v) is 19.1. The highest BCUT2D eigenvalue weighted by atomic mass is 16.6. The summed E-state index contributed by atoms with van der Waals surface area (Å²) < 4.78 is 17.3. The summed E-state index contributed by atoms with van der Waals surface area (Å²) in [6, 6.07) is -0.612. The van der Waals surface area contributed by atoms with E-state index in [0.29, 0.717) is 19.3 Å². The summed E-state index contributed by atoms with van der Waals surface area (Å²) >= 11 is 0. The van der Waals surface area contributed by atoms with Crippen molar-refractivity contribution in [3.8, 4) is 0 Å². The normalized spacial score (nSPS) is 12.9. The summed E-state index contributed by atoms with van der Waals surface area (Å²) in [6.07, 6.45) is 49.9. The molecule has 8 heteroatoms. The molecule has 0 aliphatic heterocycles. The molecule has 0 saturated carbocycles. The average molecular weight is 865 g/mol. The van der Waals surface area contributed by atoms with E-state index in [0.717, 1.165) is 51.4 Å². The summed E-state index contributed by atoms with van der Waals surface area (Å²) in [5.74, 6) is -1.46. The molecule has 61 heavy (non-hydrogen) atoms. The number of esters is 2. The number of carbonyl (C=O) groups excluding carboxylic acids is 2. The monoisotopic (exact) mass is 865 g/mol. The number of aliphatic carboxylic acids is 1.